The first-order chi connectivity index (χ1) is 5.18. The first-order valence-electron chi connectivity index (χ1n) is 3.21. The Hall–Kier alpha value is -1.10. The summed E-state index contributed by atoms with van der Waals surface area (Å²) in [5.74, 6) is 0. The SMILES string of the molecule is NC(=O)OC1(C=O)CCOC1. The number of carbonyl (C=O) groups is 2. The van der Waals surface area contributed by atoms with Gasteiger partial charge in [-0.05, 0) is 0 Å². The molecule has 0 spiro atoms. The van der Waals surface area contributed by atoms with Crippen LogP contribution in [0.1, 0.15) is 6.42 Å². The van der Waals surface area contributed by atoms with E-state index in [1.807, 2.05) is 0 Å². The third-order valence-electron chi connectivity index (χ3n) is 1.53. The molecule has 0 radical (unpaired) electrons. The van der Waals surface area contributed by atoms with E-state index in [0.717, 1.165) is 0 Å². The molecule has 0 aromatic rings. The van der Waals surface area contributed by atoms with E-state index in [2.05, 4.69) is 4.74 Å². The molecule has 1 aliphatic rings. The second-order valence-corrected chi connectivity index (χ2v) is 2.41. The van der Waals surface area contributed by atoms with E-state index in [1.54, 1.807) is 0 Å². The van der Waals surface area contributed by atoms with Gasteiger partial charge in [-0.1, -0.05) is 0 Å². The average Bonchev–Trinajstić information content (AvgIpc) is 2.36. The molecule has 0 bridgehead atoms. The molecule has 1 unspecified atom stereocenters. The monoisotopic (exact) mass is 159 g/mol. The van der Waals surface area contributed by atoms with Crippen molar-refractivity contribution in [1.82, 2.24) is 0 Å². The van der Waals surface area contributed by atoms with Crippen LogP contribution in [0.5, 0.6) is 0 Å². The van der Waals surface area contributed by atoms with E-state index in [9.17, 15) is 9.59 Å². The van der Waals surface area contributed by atoms with E-state index in [0.29, 0.717) is 19.3 Å². The Morgan fingerprint density at radius 2 is 2.45 bits per heavy atom. The number of amides is 1. The van der Waals surface area contributed by atoms with Crippen LogP contribution in [0.3, 0.4) is 0 Å². The Labute approximate surface area is 63.4 Å². The number of rotatable bonds is 2. The first kappa shape index (κ1) is 8.00. The third kappa shape index (κ3) is 1.68. The summed E-state index contributed by atoms with van der Waals surface area (Å²) >= 11 is 0. The van der Waals surface area contributed by atoms with Crippen LogP contribution in [-0.2, 0) is 14.3 Å². The maximum Gasteiger partial charge on any atom is 0.405 e. The number of hydrogen-bond donors (Lipinski definition) is 1. The summed E-state index contributed by atoms with van der Waals surface area (Å²) in [4.78, 5) is 20.8. The minimum atomic E-state index is -1.12. The fourth-order valence-corrected chi connectivity index (χ4v) is 0.960. The second-order valence-electron chi connectivity index (χ2n) is 2.41. The lowest BCUT2D eigenvalue weighted by atomic mass is 10.1. The van der Waals surface area contributed by atoms with Gasteiger partial charge in [0, 0.05) is 6.42 Å². The topological polar surface area (TPSA) is 78.6 Å². The van der Waals surface area contributed by atoms with Crippen molar-refractivity contribution in [2.24, 2.45) is 5.73 Å². The van der Waals surface area contributed by atoms with Gasteiger partial charge >= 0.3 is 6.09 Å². The normalized spacial score (nSPS) is 29.8. The number of primary amides is 1. The second kappa shape index (κ2) is 2.87. The van der Waals surface area contributed by atoms with Gasteiger partial charge < -0.3 is 15.2 Å². The van der Waals surface area contributed by atoms with Crippen LogP contribution in [0.4, 0.5) is 4.79 Å². The van der Waals surface area contributed by atoms with Gasteiger partial charge in [-0.2, -0.15) is 0 Å². The molecule has 2 N–H and O–H groups in total. The highest BCUT2D eigenvalue weighted by atomic mass is 16.6. The van der Waals surface area contributed by atoms with E-state index in [-0.39, 0.29) is 6.61 Å². The van der Waals surface area contributed by atoms with E-state index >= 15 is 0 Å². The maximum atomic E-state index is 10.5. The van der Waals surface area contributed by atoms with Crippen molar-refractivity contribution in [3.05, 3.63) is 0 Å². The van der Waals surface area contributed by atoms with Crippen LogP contribution in [0.15, 0.2) is 0 Å². The van der Waals surface area contributed by atoms with Gasteiger partial charge in [-0.15, -0.1) is 0 Å². The summed E-state index contributed by atoms with van der Waals surface area (Å²) in [5, 5.41) is 0. The van der Waals surface area contributed by atoms with Crippen LogP contribution >= 0.6 is 0 Å². The smallest absolute Gasteiger partial charge is 0.405 e. The Bertz CT molecular complexity index is 173. The Balaban J connectivity index is 2.59. The van der Waals surface area contributed by atoms with Crippen molar-refractivity contribution in [3.8, 4) is 0 Å². The first-order valence-corrected chi connectivity index (χ1v) is 3.21. The van der Waals surface area contributed by atoms with Crippen molar-refractivity contribution in [2.75, 3.05) is 13.2 Å². The minimum absolute atomic E-state index is 0.111. The zero-order valence-electron chi connectivity index (χ0n) is 5.91. The molecule has 5 heteroatoms. The summed E-state index contributed by atoms with van der Waals surface area (Å²) in [7, 11) is 0. The fourth-order valence-electron chi connectivity index (χ4n) is 0.960. The summed E-state index contributed by atoms with van der Waals surface area (Å²) in [5.41, 5.74) is 3.64. The van der Waals surface area contributed by atoms with Crippen molar-refractivity contribution >= 4 is 12.4 Å². The van der Waals surface area contributed by atoms with Crippen molar-refractivity contribution < 1.29 is 19.1 Å². The molecule has 1 fully saturated rings. The molecular formula is C6H9NO4. The molecule has 5 nitrogen and oxygen atoms in total. The molecular weight excluding hydrogens is 150 g/mol. The van der Waals surface area contributed by atoms with Crippen LogP contribution in [0.25, 0.3) is 0 Å². The van der Waals surface area contributed by atoms with Crippen LogP contribution in [-0.4, -0.2) is 31.2 Å². The molecule has 0 aliphatic carbocycles. The largest absolute Gasteiger partial charge is 0.433 e. The number of ether oxygens (including phenoxy) is 2. The summed E-state index contributed by atoms with van der Waals surface area (Å²) < 4.78 is 9.48. The quantitative estimate of drug-likeness (QED) is 0.548. The Morgan fingerprint density at radius 1 is 1.73 bits per heavy atom. The van der Waals surface area contributed by atoms with Gasteiger partial charge in [-0.3, -0.25) is 4.79 Å². The van der Waals surface area contributed by atoms with Crippen molar-refractivity contribution in [3.63, 3.8) is 0 Å². The number of hydrogen-bond acceptors (Lipinski definition) is 4. The summed E-state index contributed by atoms with van der Waals surface area (Å²) in [6, 6.07) is 0. The summed E-state index contributed by atoms with van der Waals surface area (Å²) in [6.45, 7) is 0.533. The van der Waals surface area contributed by atoms with Gasteiger partial charge in [0.25, 0.3) is 0 Å². The summed E-state index contributed by atoms with van der Waals surface area (Å²) in [6.07, 6.45) is 0.00657. The highest BCUT2D eigenvalue weighted by molar-refractivity contribution is 5.72. The maximum absolute atomic E-state index is 10.5. The standard InChI is InChI=1S/C6H9NO4/c7-5(9)11-6(3-8)1-2-10-4-6/h3H,1-2,4H2,(H2,7,9). The number of aldehydes is 1. The lowest BCUT2D eigenvalue weighted by Gasteiger charge is -2.18. The average molecular weight is 159 g/mol. The molecule has 0 saturated carbocycles. The highest BCUT2D eigenvalue weighted by Crippen LogP contribution is 2.20. The molecule has 0 aromatic carbocycles. The number of carbonyl (C=O) groups excluding carboxylic acids is 2. The zero-order valence-corrected chi connectivity index (χ0v) is 5.91. The molecule has 1 amide bonds. The lowest BCUT2D eigenvalue weighted by Crippen LogP contribution is -2.39. The van der Waals surface area contributed by atoms with Gasteiger partial charge in [0.15, 0.2) is 11.9 Å². The molecule has 1 atom stereocenters. The van der Waals surface area contributed by atoms with Gasteiger partial charge in [-0.25, -0.2) is 4.79 Å². The molecule has 1 saturated heterocycles. The number of nitrogens with two attached hydrogens (primary N) is 1. The third-order valence-corrected chi connectivity index (χ3v) is 1.53. The van der Waals surface area contributed by atoms with Crippen LogP contribution in [0.2, 0.25) is 0 Å². The van der Waals surface area contributed by atoms with E-state index in [1.165, 1.54) is 0 Å². The Kier molecular flexibility index (Phi) is 2.09. The lowest BCUT2D eigenvalue weighted by molar-refractivity contribution is -0.124. The predicted octanol–water partition coefficient (Wildman–Crippen LogP) is -0.560. The van der Waals surface area contributed by atoms with Gasteiger partial charge in [0.2, 0.25) is 0 Å². The highest BCUT2D eigenvalue weighted by Gasteiger charge is 2.38. The molecule has 0 aromatic heterocycles. The molecule has 62 valence electrons. The fraction of sp³-hybridized carbons (Fsp3) is 0.667. The molecule has 1 rings (SSSR count). The van der Waals surface area contributed by atoms with Crippen molar-refractivity contribution in [2.45, 2.75) is 12.0 Å². The van der Waals surface area contributed by atoms with Crippen LogP contribution < -0.4 is 5.73 Å². The van der Waals surface area contributed by atoms with Gasteiger partial charge in [0.1, 0.15) is 0 Å². The van der Waals surface area contributed by atoms with Crippen molar-refractivity contribution in [1.29, 1.82) is 0 Å². The van der Waals surface area contributed by atoms with E-state index < -0.39 is 11.7 Å². The van der Waals surface area contributed by atoms with Crippen LogP contribution in [0, 0.1) is 0 Å². The van der Waals surface area contributed by atoms with E-state index in [4.69, 9.17) is 10.5 Å². The molecule has 1 heterocycles. The molecule has 11 heavy (non-hydrogen) atoms. The Morgan fingerprint density at radius 3 is 2.82 bits per heavy atom. The molecule has 1 aliphatic heterocycles. The predicted molar refractivity (Wildman–Crippen MR) is 34.9 cm³/mol. The van der Waals surface area contributed by atoms with Gasteiger partial charge in [0.05, 0.1) is 13.2 Å². The minimum Gasteiger partial charge on any atom is -0.433 e. The zero-order chi connectivity index (χ0) is 8.32.